The van der Waals surface area contributed by atoms with Crippen molar-refractivity contribution in [2.75, 3.05) is 5.73 Å². The Morgan fingerprint density at radius 2 is 1.24 bits per heavy atom. The number of nitrogens with one attached hydrogen (secondary N) is 2. The summed E-state index contributed by atoms with van der Waals surface area (Å²) in [4.78, 5) is 0. The van der Waals surface area contributed by atoms with Crippen LogP contribution in [0.15, 0.2) is 28.4 Å². The predicted molar refractivity (Wildman–Crippen MR) is 85.6 cm³/mol. The first-order valence-corrected chi connectivity index (χ1v) is 6.38. The number of hydrazone groups is 2. The van der Waals surface area contributed by atoms with E-state index in [0.717, 1.165) is 11.1 Å². The fourth-order valence-corrected chi connectivity index (χ4v) is 1.69. The molecule has 9 nitrogen and oxygen atoms in total. The van der Waals surface area contributed by atoms with Gasteiger partial charge in [0.2, 0.25) is 11.9 Å². The van der Waals surface area contributed by atoms with Crippen LogP contribution in [0.4, 0.5) is 5.69 Å². The summed E-state index contributed by atoms with van der Waals surface area (Å²) in [5, 5.41) is 7.55. The predicted octanol–water partition coefficient (Wildman–Crippen LogP) is -1.05. The van der Waals surface area contributed by atoms with Crippen molar-refractivity contribution in [1.82, 2.24) is 10.9 Å². The zero-order valence-electron chi connectivity index (χ0n) is 12.2. The first-order valence-electron chi connectivity index (χ1n) is 6.38. The summed E-state index contributed by atoms with van der Waals surface area (Å²) in [5.41, 5.74) is 35.2. The molecular formula is C12H23N9. The van der Waals surface area contributed by atoms with Gasteiger partial charge >= 0.3 is 0 Å². The van der Waals surface area contributed by atoms with Crippen LogP contribution in [0.2, 0.25) is 0 Å². The molecular weight excluding hydrogens is 270 g/mol. The Morgan fingerprint density at radius 3 is 1.57 bits per heavy atom. The monoisotopic (exact) mass is 293 g/mol. The highest BCUT2D eigenvalue weighted by atomic mass is 15.3. The van der Waals surface area contributed by atoms with E-state index in [1.165, 1.54) is 0 Å². The Labute approximate surface area is 123 Å². The van der Waals surface area contributed by atoms with Crippen molar-refractivity contribution in [3.8, 4) is 0 Å². The van der Waals surface area contributed by atoms with Crippen LogP contribution in [0, 0.1) is 0 Å². The molecule has 1 aromatic rings. The molecule has 0 spiro atoms. The second kappa shape index (κ2) is 7.08. The number of benzene rings is 1. The van der Waals surface area contributed by atoms with Gasteiger partial charge in [0.15, 0.2) is 0 Å². The van der Waals surface area contributed by atoms with Crippen molar-refractivity contribution in [3.63, 3.8) is 0 Å². The van der Waals surface area contributed by atoms with Crippen molar-refractivity contribution in [2.24, 2.45) is 33.1 Å². The molecule has 2 atom stereocenters. The third-order valence-corrected chi connectivity index (χ3v) is 2.77. The van der Waals surface area contributed by atoms with Gasteiger partial charge < -0.3 is 28.7 Å². The minimum absolute atomic E-state index is 0.0335. The van der Waals surface area contributed by atoms with Gasteiger partial charge in [-0.3, -0.25) is 10.9 Å². The van der Waals surface area contributed by atoms with Crippen molar-refractivity contribution in [3.05, 3.63) is 29.3 Å². The molecule has 0 saturated carbocycles. The van der Waals surface area contributed by atoms with E-state index in [9.17, 15) is 0 Å². The van der Waals surface area contributed by atoms with Crippen molar-refractivity contribution < 1.29 is 0 Å². The fourth-order valence-electron chi connectivity index (χ4n) is 1.69. The normalized spacial score (nSPS) is 12.9. The minimum Gasteiger partial charge on any atom is -0.399 e. The van der Waals surface area contributed by atoms with E-state index in [-0.39, 0.29) is 24.0 Å². The topological polar surface area (TPSA) is 179 Å². The first-order chi connectivity index (χ1) is 9.79. The number of hydrogen-bond donors (Lipinski definition) is 7. The van der Waals surface area contributed by atoms with Crippen molar-refractivity contribution in [2.45, 2.75) is 25.9 Å². The molecule has 0 aliphatic rings. The molecule has 0 aliphatic heterocycles. The molecule has 116 valence electrons. The number of guanidine groups is 2. The maximum Gasteiger partial charge on any atom is 0.208 e. The maximum atomic E-state index is 5.92. The van der Waals surface area contributed by atoms with Gasteiger partial charge in [-0.2, -0.15) is 0 Å². The van der Waals surface area contributed by atoms with Gasteiger partial charge in [-0.25, -0.2) is 0 Å². The Hall–Kier alpha value is -2.84. The van der Waals surface area contributed by atoms with Gasteiger partial charge in [0, 0.05) is 5.69 Å². The second-order valence-corrected chi connectivity index (χ2v) is 4.71. The van der Waals surface area contributed by atoms with Crippen LogP contribution in [0.1, 0.15) is 37.1 Å². The molecule has 1 rings (SSSR count). The van der Waals surface area contributed by atoms with E-state index in [4.69, 9.17) is 28.7 Å². The number of nitrogens with zero attached hydrogens (tertiary/aromatic N) is 2. The first kappa shape index (κ1) is 16.2. The van der Waals surface area contributed by atoms with E-state index in [2.05, 4.69) is 21.1 Å². The lowest BCUT2D eigenvalue weighted by Gasteiger charge is -2.17. The highest BCUT2D eigenvalue weighted by molar-refractivity contribution is 5.75. The van der Waals surface area contributed by atoms with Gasteiger partial charge in [0.25, 0.3) is 0 Å². The zero-order valence-corrected chi connectivity index (χ0v) is 12.2. The van der Waals surface area contributed by atoms with Crippen LogP contribution in [0.25, 0.3) is 0 Å². The molecule has 0 fully saturated rings. The maximum absolute atomic E-state index is 5.92. The SMILES string of the molecule is CC(NN=C(N)N)c1cc(N)cc(C(C)NN=C(N)N)c1. The van der Waals surface area contributed by atoms with Crippen LogP contribution in [-0.4, -0.2) is 11.9 Å². The molecule has 0 radical (unpaired) electrons. The third-order valence-electron chi connectivity index (χ3n) is 2.77. The van der Waals surface area contributed by atoms with Gasteiger partial charge in [0.05, 0.1) is 12.1 Å². The highest BCUT2D eigenvalue weighted by Crippen LogP contribution is 2.22. The van der Waals surface area contributed by atoms with E-state index >= 15 is 0 Å². The van der Waals surface area contributed by atoms with Crippen LogP contribution in [0.3, 0.4) is 0 Å². The summed E-state index contributed by atoms with van der Waals surface area (Å²) in [6, 6.07) is 5.44. The smallest absolute Gasteiger partial charge is 0.208 e. The molecule has 1 aromatic carbocycles. The van der Waals surface area contributed by atoms with Gasteiger partial charge in [0.1, 0.15) is 0 Å². The number of nitrogens with two attached hydrogens (primary N) is 5. The summed E-state index contributed by atoms with van der Waals surface area (Å²) in [6.07, 6.45) is 0. The van der Waals surface area contributed by atoms with Gasteiger partial charge in [-0.05, 0) is 37.1 Å². The largest absolute Gasteiger partial charge is 0.399 e. The average molecular weight is 293 g/mol. The summed E-state index contributed by atoms with van der Waals surface area (Å²) in [5.74, 6) is -0.0671. The number of rotatable bonds is 6. The van der Waals surface area contributed by atoms with Crippen molar-refractivity contribution >= 4 is 17.6 Å². The minimum atomic E-state index is -0.107. The summed E-state index contributed by atoms with van der Waals surface area (Å²) in [7, 11) is 0. The Kier molecular flexibility index (Phi) is 5.47. The zero-order chi connectivity index (χ0) is 16.0. The number of nitrogen functional groups attached to an aromatic ring is 1. The summed E-state index contributed by atoms with van der Waals surface area (Å²) in [6.45, 7) is 3.83. The lowest BCUT2D eigenvalue weighted by atomic mass is 10.0. The van der Waals surface area contributed by atoms with Crippen LogP contribution >= 0.6 is 0 Å². The fraction of sp³-hybridized carbons (Fsp3) is 0.333. The van der Waals surface area contributed by atoms with Gasteiger partial charge in [-0.15, -0.1) is 10.2 Å². The molecule has 0 bridgehead atoms. The van der Waals surface area contributed by atoms with Gasteiger partial charge in [-0.1, -0.05) is 6.07 Å². The number of hydrogen-bond acceptors (Lipinski definition) is 5. The van der Waals surface area contributed by atoms with Crippen molar-refractivity contribution in [1.29, 1.82) is 0 Å². The molecule has 0 heterocycles. The molecule has 12 N–H and O–H groups in total. The second-order valence-electron chi connectivity index (χ2n) is 4.71. The molecule has 9 heteroatoms. The van der Waals surface area contributed by atoms with Crippen LogP contribution < -0.4 is 39.5 Å². The van der Waals surface area contributed by atoms with Crippen LogP contribution in [-0.2, 0) is 0 Å². The molecule has 0 amide bonds. The molecule has 0 aromatic heterocycles. The third kappa shape index (κ3) is 5.35. The Balaban J connectivity index is 2.93. The number of anilines is 1. The summed E-state index contributed by atoms with van der Waals surface area (Å²) >= 11 is 0. The standard InChI is InChI=1S/C12H23N9/c1-6(18-20-11(14)15)8-3-9(5-10(13)4-8)7(2)19-21-12(16)17/h3-7,18-19H,13H2,1-2H3,(H4,14,15,20)(H4,16,17,21). The van der Waals surface area contributed by atoms with E-state index in [1.807, 2.05) is 32.0 Å². The molecule has 2 unspecified atom stereocenters. The molecule has 0 aliphatic carbocycles. The lowest BCUT2D eigenvalue weighted by Crippen LogP contribution is -2.28. The quantitative estimate of drug-likeness (QED) is 0.151. The highest BCUT2D eigenvalue weighted by Gasteiger charge is 2.10. The average Bonchev–Trinajstić information content (AvgIpc) is 2.41. The Morgan fingerprint density at radius 1 is 0.857 bits per heavy atom. The lowest BCUT2D eigenvalue weighted by molar-refractivity contribution is 0.588. The van der Waals surface area contributed by atoms with E-state index in [0.29, 0.717) is 5.69 Å². The molecule has 0 saturated heterocycles. The Bertz CT molecular complexity index is 485. The van der Waals surface area contributed by atoms with Crippen LogP contribution in [0.5, 0.6) is 0 Å². The van der Waals surface area contributed by atoms with E-state index < -0.39 is 0 Å². The van der Waals surface area contributed by atoms with E-state index in [1.54, 1.807) is 0 Å². The summed E-state index contributed by atoms with van der Waals surface area (Å²) < 4.78 is 0. The molecule has 21 heavy (non-hydrogen) atoms.